The lowest BCUT2D eigenvalue weighted by atomic mass is 10.4. The summed E-state index contributed by atoms with van der Waals surface area (Å²) in [7, 11) is 0. The van der Waals surface area contributed by atoms with Gasteiger partial charge in [0.15, 0.2) is 0 Å². The largest absolute Gasteiger partial charge is 0.468 e. The maximum absolute atomic E-state index is 5.33. The van der Waals surface area contributed by atoms with Crippen molar-refractivity contribution in [3.63, 3.8) is 0 Å². The molecule has 3 rings (SSSR count). The highest BCUT2D eigenvalue weighted by Crippen LogP contribution is 2.36. The molecule has 0 radical (unpaired) electrons. The quantitative estimate of drug-likeness (QED) is 0.731. The summed E-state index contributed by atoms with van der Waals surface area (Å²) in [6.07, 6.45) is 1.70. The zero-order valence-corrected chi connectivity index (χ0v) is 12.3. The highest BCUT2D eigenvalue weighted by atomic mass is 32.2. The molecule has 0 aliphatic carbocycles. The van der Waals surface area contributed by atoms with Gasteiger partial charge in [-0.25, -0.2) is 9.97 Å². The van der Waals surface area contributed by atoms with Crippen LogP contribution in [0.3, 0.4) is 0 Å². The van der Waals surface area contributed by atoms with Gasteiger partial charge in [0, 0.05) is 11.9 Å². The molecule has 1 N–H and O–H groups in total. The Hall–Kier alpha value is -1.53. The summed E-state index contributed by atoms with van der Waals surface area (Å²) in [5.74, 6) is 1.60. The predicted octanol–water partition coefficient (Wildman–Crippen LogP) is 4.18. The molecule has 19 heavy (non-hydrogen) atoms. The number of nitrogens with one attached hydrogen (secondary N) is 1. The smallest absolute Gasteiger partial charge is 0.225 e. The fourth-order valence-corrected chi connectivity index (χ4v) is 3.49. The summed E-state index contributed by atoms with van der Waals surface area (Å²) in [4.78, 5) is 11.2. The monoisotopic (exact) mass is 291 g/mol. The summed E-state index contributed by atoms with van der Waals surface area (Å²) >= 11 is 3.25. The first-order valence-electron chi connectivity index (χ1n) is 5.99. The van der Waals surface area contributed by atoms with Crippen LogP contribution in [0.2, 0.25) is 0 Å². The zero-order valence-electron chi connectivity index (χ0n) is 10.6. The molecule has 98 valence electrons. The number of thiophene rings is 1. The van der Waals surface area contributed by atoms with Crippen LogP contribution in [0, 0.1) is 6.92 Å². The van der Waals surface area contributed by atoms with Crippen LogP contribution in [0.5, 0.6) is 0 Å². The van der Waals surface area contributed by atoms with Crippen LogP contribution in [-0.4, -0.2) is 16.5 Å². The Morgan fingerprint density at radius 1 is 1.37 bits per heavy atom. The van der Waals surface area contributed by atoms with Crippen molar-refractivity contribution in [2.45, 2.75) is 23.8 Å². The van der Waals surface area contributed by atoms with Crippen LogP contribution in [0.1, 0.15) is 12.7 Å². The first-order valence-corrected chi connectivity index (χ1v) is 7.68. The lowest BCUT2D eigenvalue weighted by molar-refractivity contribution is 0.527. The van der Waals surface area contributed by atoms with Crippen LogP contribution in [-0.2, 0) is 0 Å². The van der Waals surface area contributed by atoms with E-state index in [-0.39, 0.29) is 0 Å². The minimum absolute atomic E-state index is 0.682. The Bertz CT molecular complexity index is 705. The Labute approximate surface area is 119 Å². The molecule has 0 saturated heterocycles. The molecular weight excluding hydrogens is 278 g/mol. The second kappa shape index (κ2) is 5.22. The van der Waals surface area contributed by atoms with Gasteiger partial charge in [0.25, 0.3) is 0 Å². The van der Waals surface area contributed by atoms with Crippen molar-refractivity contribution in [2.75, 3.05) is 11.9 Å². The van der Waals surface area contributed by atoms with Crippen molar-refractivity contribution in [3.05, 3.63) is 29.5 Å². The number of nitrogens with zero attached hydrogens (tertiary/aromatic N) is 2. The van der Waals surface area contributed by atoms with Crippen LogP contribution in [0.4, 0.5) is 5.95 Å². The van der Waals surface area contributed by atoms with Gasteiger partial charge in [-0.3, -0.25) is 0 Å². The lowest BCUT2D eigenvalue weighted by Crippen LogP contribution is -2.02. The number of hydrogen-bond acceptors (Lipinski definition) is 6. The van der Waals surface area contributed by atoms with Crippen LogP contribution in [0.25, 0.3) is 10.2 Å². The summed E-state index contributed by atoms with van der Waals surface area (Å²) < 4.78 is 5.33. The molecule has 0 aliphatic heterocycles. The second-order valence-electron chi connectivity index (χ2n) is 3.97. The predicted molar refractivity (Wildman–Crippen MR) is 79.1 cm³/mol. The Balaban J connectivity index is 2.05. The van der Waals surface area contributed by atoms with E-state index >= 15 is 0 Å². The zero-order chi connectivity index (χ0) is 13.2. The number of aromatic nitrogens is 2. The van der Waals surface area contributed by atoms with Crippen LogP contribution in [0.15, 0.2) is 38.1 Å². The molecule has 6 heteroatoms. The highest BCUT2D eigenvalue weighted by molar-refractivity contribution is 7.99. The molecule has 0 spiro atoms. The summed E-state index contributed by atoms with van der Waals surface area (Å²) in [5.41, 5.74) is 0. The molecule has 0 aromatic carbocycles. The Kier molecular flexibility index (Phi) is 3.44. The van der Waals surface area contributed by atoms with E-state index in [1.165, 1.54) is 0 Å². The molecule has 4 nitrogen and oxygen atoms in total. The van der Waals surface area contributed by atoms with Crippen LogP contribution >= 0.6 is 23.1 Å². The van der Waals surface area contributed by atoms with Gasteiger partial charge >= 0.3 is 0 Å². The topological polar surface area (TPSA) is 51.0 Å². The molecule has 0 aliphatic rings. The first kappa shape index (κ1) is 12.5. The Morgan fingerprint density at radius 3 is 3.00 bits per heavy atom. The van der Waals surface area contributed by atoms with E-state index in [0.29, 0.717) is 5.95 Å². The summed E-state index contributed by atoms with van der Waals surface area (Å²) in [5, 5.41) is 7.27. The van der Waals surface area contributed by atoms with Crippen molar-refractivity contribution in [3.8, 4) is 0 Å². The molecule has 3 aromatic rings. The SMILES string of the molecule is CCNc1nc(Sc2ccoc2C)c2ccsc2n1. The third kappa shape index (κ3) is 2.46. The molecule has 0 unspecified atom stereocenters. The van der Waals surface area contributed by atoms with E-state index in [4.69, 9.17) is 4.42 Å². The van der Waals surface area contributed by atoms with E-state index < -0.39 is 0 Å². The molecule has 0 saturated carbocycles. The maximum Gasteiger partial charge on any atom is 0.225 e. The van der Waals surface area contributed by atoms with Crippen molar-refractivity contribution >= 4 is 39.3 Å². The molecule has 0 amide bonds. The highest BCUT2D eigenvalue weighted by Gasteiger charge is 2.12. The van der Waals surface area contributed by atoms with Crippen molar-refractivity contribution in [1.29, 1.82) is 0 Å². The van der Waals surface area contributed by atoms with E-state index in [1.54, 1.807) is 29.4 Å². The molecule has 0 bridgehead atoms. The number of anilines is 1. The Morgan fingerprint density at radius 2 is 2.26 bits per heavy atom. The van der Waals surface area contributed by atoms with Crippen LogP contribution < -0.4 is 5.32 Å². The lowest BCUT2D eigenvalue weighted by Gasteiger charge is -2.05. The number of rotatable bonds is 4. The number of fused-ring (bicyclic) bond motifs is 1. The number of hydrogen-bond donors (Lipinski definition) is 1. The molecular formula is C13H13N3OS2. The van der Waals surface area contributed by atoms with E-state index in [9.17, 15) is 0 Å². The average molecular weight is 291 g/mol. The van der Waals surface area contributed by atoms with Gasteiger partial charge < -0.3 is 9.73 Å². The van der Waals surface area contributed by atoms with Gasteiger partial charge in [-0.05, 0) is 31.4 Å². The third-order valence-electron chi connectivity index (χ3n) is 2.64. The standard InChI is InChI=1S/C13H13N3OS2/c1-3-14-13-15-11-9(5-7-18-11)12(16-13)19-10-4-6-17-8(10)2/h4-7H,3H2,1-2H3,(H,14,15,16). The average Bonchev–Trinajstić information content (AvgIpc) is 3.00. The van der Waals surface area contributed by atoms with Crippen molar-refractivity contribution in [1.82, 2.24) is 9.97 Å². The summed E-state index contributed by atoms with van der Waals surface area (Å²) in [6.45, 7) is 4.81. The van der Waals surface area contributed by atoms with E-state index in [1.807, 2.05) is 25.3 Å². The fraction of sp³-hybridized carbons (Fsp3) is 0.231. The third-order valence-corrected chi connectivity index (χ3v) is 4.60. The molecule has 0 fully saturated rings. The number of furan rings is 1. The van der Waals surface area contributed by atoms with Gasteiger partial charge in [0.2, 0.25) is 5.95 Å². The fourth-order valence-electron chi connectivity index (χ4n) is 1.73. The van der Waals surface area contributed by atoms with E-state index in [0.717, 1.165) is 32.4 Å². The normalized spacial score (nSPS) is 11.1. The minimum Gasteiger partial charge on any atom is -0.468 e. The van der Waals surface area contributed by atoms with Gasteiger partial charge in [0.05, 0.1) is 11.2 Å². The van der Waals surface area contributed by atoms with Gasteiger partial charge in [-0.1, -0.05) is 11.8 Å². The molecule has 3 aromatic heterocycles. The maximum atomic E-state index is 5.33. The van der Waals surface area contributed by atoms with Gasteiger partial charge in [-0.2, -0.15) is 0 Å². The number of aryl methyl sites for hydroxylation is 1. The molecule has 0 atom stereocenters. The van der Waals surface area contributed by atoms with Crippen molar-refractivity contribution in [2.24, 2.45) is 0 Å². The summed E-state index contributed by atoms with van der Waals surface area (Å²) in [6, 6.07) is 4.03. The minimum atomic E-state index is 0.682. The van der Waals surface area contributed by atoms with Crippen molar-refractivity contribution < 1.29 is 4.42 Å². The second-order valence-corrected chi connectivity index (χ2v) is 5.89. The first-order chi connectivity index (χ1) is 9.28. The van der Waals surface area contributed by atoms with Gasteiger partial charge in [0.1, 0.15) is 15.6 Å². The van der Waals surface area contributed by atoms with E-state index in [2.05, 4.69) is 21.4 Å². The van der Waals surface area contributed by atoms with Gasteiger partial charge in [-0.15, -0.1) is 11.3 Å². The molecule has 3 heterocycles.